The highest BCUT2D eigenvalue weighted by Gasteiger charge is 2.14. The van der Waals surface area contributed by atoms with E-state index in [0.717, 1.165) is 53.7 Å². The van der Waals surface area contributed by atoms with Crippen LogP contribution in [-0.2, 0) is 6.42 Å². The number of nitrogens with zero attached hydrogens (tertiary/aromatic N) is 1. The molecule has 0 spiro atoms. The summed E-state index contributed by atoms with van der Waals surface area (Å²) in [4.78, 5) is 2.42. The fourth-order valence-electron chi connectivity index (χ4n) is 4.33. The summed E-state index contributed by atoms with van der Waals surface area (Å²) in [5.74, 6) is 1.24. The lowest BCUT2D eigenvalue weighted by molar-refractivity contribution is 0.248. The van der Waals surface area contributed by atoms with E-state index >= 15 is 0 Å². The molecule has 3 heteroatoms. The highest BCUT2D eigenvalue weighted by molar-refractivity contribution is 5.91. The molecule has 0 aliphatic heterocycles. The van der Waals surface area contributed by atoms with Gasteiger partial charge in [-0.2, -0.15) is 0 Å². The number of aromatic hydroxyl groups is 1. The first-order chi connectivity index (χ1) is 15.2. The lowest BCUT2D eigenvalue weighted by Crippen LogP contribution is -2.25. The van der Waals surface area contributed by atoms with Crippen LogP contribution in [0.25, 0.3) is 21.5 Å². The van der Waals surface area contributed by atoms with E-state index in [1.54, 1.807) is 6.07 Å². The minimum absolute atomic E-state index is 0.333. The Morgan fingerprint density at radius 1 is 0.742 bits per heavy atom. The average molecular weight is 414 g/mol. The Balaban J connectivity index is 1.68. The van der Waals surface area contributed by atoms with E-state index in [-0.39, 0.29) is 0 Å². The largest absolute Gasteiger partial charge is 0.508 e. The van der Waals surface area contributed by atoms with E-state index in [9.17, 15) is 5.11 Å². The molecular weight excluding hydrogens is 382 g/mol. The van der Waals surface area contributed by atoms with Crippen molar-refractivity contribution in [2.75, 3.05) is 26.2 Å². The van der Waals surface area contributed by atoms with Gasteiger partial charge in [0.25, 0.3) is 0 Å². The number of benzene rings is 4. The standard InChI is InChI=1S/C28H31NO2/c1-3-29(4-2)18-9-19-31-28-17-15-22-11-6-8-13-24(22)26(28)20-25-23-12-7-5-10-21(23)14-16-27(25)30/h5-8,10-17,30H,3-4,9,18-20H2,1-2H3. The molecule has 0 fully saturated rings. The minimum atomic E-state index is 0.333. The fraction of sp³-hybridized carbons (Fsp3) is 0.286. The van der Waals surface area contributed by atoms with Gasteiger partial charge in [-0.25, -0.2) is 0 Å². The minimum Gasteiger partial charge on any atom is -0.508 e. The zero-order chi connectivity index (χ0) is 21.6. The Morgan fingerprint density at radius 2 is 1.35 bits per heavy atom. The Kier molecular flexibility index (Phi) is 6.73. The van der Waals surface area contributed by atoms with Gasteiger partial charge in [-0.15, -0.1) is 0 Å². The molecule has 0 atom stereocenters. The molecule has 0 aromatic heterocycles. The van der Waals surface area contributed by atoms with Crippen LogP contribution in [0.5, 0.6) is 11.5 Å². The first-order valence-electron chi connectivity index (χ1n) is 11.3. The first-order valence-corrected chi connectivity index (χ1v) is 11.3. The van der Waals surface area contributed by atoms with Crippen molar-refractivity contribution in [3.8, 4) is 11.5 Å². The molecular formula is C28H31NO2. The molecule has 0 unspecified atom stereocenters. The van der Waals surface area contributed by atoms with Gasteiger partial charge in [0.2, 0.25) is 0 Å². The molecule has 0 aliphatic carbocycles. The number of ether oxygens (including phenoxy) is 1. The molecule has 1 N–H and O–H groups in total. The fourth-order valence-corrected chi connectivity index (χ4v) is 4.33. The Bertz CT molecular complexity index is 1160. The van der Waals surface area contributed by atoms with E-state index in [1.165, 1.54) is 10.8 Å². The lowest BCUT2D eigenvalue weighted by atomic mass is 9.93. The second-order valence-electron chi connectivity index (χ2n) is 7.95. The SMILES string of the molecule is CCN(CC)CCCOc1ccc2ccccc2c1Cc1c(O)ccc2ccccc12. The molecule has 4 aromatic carbocycles. The summed E-state index contributed by atoms with van der Waals surface area (Å²) >= 11 is 0. The smallest absolute Gasteiger partial charge is 0.123 e. The van der Waals surface area contributed by atoms with Crippen molar-refractivity contribution in [2.45, 2.75) is 26.7 Å². The molecule has 0 bridgehead atoms. The second-order valence-corrected chi connectivity index (χ2v) is 7.95. The van der Waals surface area contributed by atoms with Gasteiger partial charge in [0.1, 0.15) is 11.5 Å². The molecule has 0 saturated heterocycles. The second kappa shape index (κ2) is 9.84. The molecule has 0 heterocycles. The van der Waals surface area contributed by atoms with Gasteiger partial charge in [0, 0.05) is 24.1 Å². The number of fused-ring (bicyclic) bond motifs is 2. The number of hydrogen-bond acceptors (Lipinski definition) is 3. The maximum atomic E-state index is 10.7. The lowest BCUT2D eigenvalue weighted by Gasteiger charge is -2.19. The summed E-state index contributed by atoms with van der Waals surface area (Å²) in [7, 11) is 0. The highest BCUT2D eigenvalue weighted by atomic mass is 16.5. The van der Waals surface area contributed by atoms with Crippen LogP contribution >= 0.6 is 0 Å². The molecule has 0 saturated carbocycles. The summed E-state index contributed by atoms with van der Waals surface area (Å²) in [6.07, 6.45) is 1.62. The maximum Gasteiger partial charge on any atom is 0.123 e. The van der Waals surface area contributed by atoms with Gasteiger partial charge < -0.3 is 14.7 Å². The van der Waals surface area contributed by atoms with Crippen LogP contribution in [0.4, 0.5) is 0 Å². The third-order valence-corrected chi connectivity index (χ3v) is 6.14. The quantitative estimate of drug-likeness (QED) is 0.322. The average Bonchev–Trinajstić information content (AvgIpc) is 2.81. The Morgan fingerprint density at radius 3 is 2.03 bits per heavy atom. The van der Waals surface area contributed by atoms with Crippen molar-refractivity contribution in [1.82, 2.24) is 4.90 Å². The van der Waals surface area contributed by atoms with E-state index in [0.29, 0.717) is 18.8 Å². The monoisotopic (exact) mass is 413 g/mol. The van der Waals surface area contributed by atoms with Gasteiger partial charge in [-0.1, -0.05) is 74.5 Å². The number of phenolic OH excluding ortho intramolecular Hbond substituents is 1. The van der Waals surface area contributed by atoms with Gasteiger partial charge in [0.15, 0.2) is 0 Å². The first kappa shape index (κ1) is 21.2. The topological polar surface area (TPSA) is 32.7 Å². The van der Waals surface area contributed by atoms with Crippen LogP contribution in [0.3, 0.4) is 0 Å². The predicted octanol–water partition coefficient (Wildman–Crippen LogP) is 6.40. The zero-order valence-corrected chi connectivity index (χ0v) is 18.5. The summed E-state index contributed by atoms with van der Waals surface area (Å²) in [6, 6.07) is 24.6. The Hall–Kier alpha value is -3.04. The molecule has 4 rings (SSSR count). The molecule has 31 heavy (non-hydrogen) atoms. The molecule has 0 amide bonds. The van der Waals surface area contributed by atoms with Gasteiger partial charge in [0.05, 0.1) is 6.61 Å². The van der Waals surface area contributed by atoms with Crippen LogP contribution in [0.15, 0.2) is 72.8 Å². The van der Waals surface area contributed by atoms with E-state index in [4.69, 9.17) is 4.74 Å². The van der Waals surface area contributed by atoms with Gasteiger partial charge in [-0.3, -0.25) is 0 Å². The van der Waals surface area contributed by atoms with Gasteiger partial charge in [-0.05, 0) is 53.2 Å². The summed E-state index contributed by atoms with van der Waals surface area (Å²) < 4.78 is 6.30. The molecule has 0 aliphatic rings. The van der Waals surface area contributed by atoms with Crippen molar-refractivity contribution >= 4 is 21.5 Å². The van der Waals surface area contributed by atoms with E-state index in [2.05, 4.69) is 67.3 Å². The van der Waals surface area contributed by atoms with Crippen molar-refractivity contribution in [3.05, 3.63) is 83.9 Å². The van der Waals surface area contributed by atoms with Crippen molar-refractivity contribution in [1.29, 1.82) is 0 Å². The van der Waals surface area contributed by atoms with Crippen molar-refractivity contribution < 1.29 is 9.84 Å². The Labute approximate surface area is 184 Å². The summed E-state index contributed by atoms with van der Waals surface area (Å²) in [5, 5.41) is 15.3. The third kappa shape index (κ3) is 4.67. The molecule has 3 nitrogen and oxygen atoms in total. The van der Waals surface area contributed by atoms with Crippen LogP contribution < -0.4 is 4.74 Å². The molecule has 4 aromatic rings. The van der Waals surface area contributed by atoms with Crippen LogP contribution in [-0.4, -0.2) is 36.2 Å². The van der Waals surface area contributed by atoms with Crippen LogP contribution in [0, 0.1) is 0 Å². The third-order valence-electron chi connectivity index (χ3n) is 6.14. The van der Waals surface area contributed by atoms with Crippen molar-refractivity contribution in [3.63, 3.8) is 0 Å². The van der Waals surface area contributed by atoms with E-state index < -0.39 is 0 Å². The van der Waals surface area contributed by atoms with Crippen LogP contribution in [0.2, 0.25) is 0 Å². The molecule has 0 radical (unpaired) electrons. The highest BCUT2D eigenvalue weighted by Crippen LogP contribution is 2.35. The van der Waals surface area contributed by atoms with Crippen molar-refractivity contribution in [2.24, 2.45) is 0 Å². The van der Waals surface area contributed by atoms with E-state index in [1.807, 2.05) is 18.2 Å². The summed E-state index contributed by atoms with van der Waals surface area (Å²) in [5.41, 5.74) is 2.08. The van der Waals surface area contributed by atoms with Crippen LogP contribution in [0.1, 0.15) is 31.4 Å². The van der Waals surface area contributed by atoms with Gasteiger partial charge >= 0.3 is 0 Å². The predicted molar refractivity (Wildman–Crippen MR) is 130 cm³/mol. The maximum absolute atomic E-state index is 10.7. The number of phenols is 1. The molecule has 160 valence electrons. The number of hydrogen-bond donors (Lipinski definition) is 1. The number of rotatable bonds is 9. The zero-order valence-electron chi connectivity index (χ0n) is 18.5. The summed E-state index contributed by atoms with van der Waals surface area (Å²) in [6.45, 7) is 8.25. The normalized spacial score (nSPS) is 11.5.